The highest BCUT2D eigenvalue weighted by molar-refractivity contribution is 7.95. The van der Waals surface area contributed by atoms with Gasteiger partial charge >= 0.3 is 0 Å². The molecule has 0 saturated heterocycles. The number of alkyl halides is 2. The molecule has 2 aromatic rings. The van der Waals surface area contributed by atoms with E-state index < -0.39 is 29.7 Å². The summed E-state index contributed by atoms with van der Waals surface area (Å²) in [5.74, 6) is -1.62. The standard InChI is InChI=1S/C16H12F4O3S/c17-8-5-9(18)7-10(6-8)23-24-13-2-1-12-14(15(13)16(19)20)11(21)3-4-22-12/h1-2,5-7,11,16,21H,3-4H2. The van der Waals surface area contributed by atoms with Crippen molar-refractivity contribution in [1.29, 1.82) is 0 Å². The summed E-state index contributed by atoms with van der Waals surface area (Å²) < 4.78 is 63.7. The summed E-state index contributed by atoms with van der Waals surface area (Å²) >= 11 is 0.541. The highest BCUT2D eigenvalue weighted by Gasteiger charge is 2.29. The van der Waals surface area contributed by atoms with Gasteiger partial charge in [0.1, 0.15) is 23.1 Å². The van der Waals surface area contributed by atoms with Gasteiger partial charge in [-0.05, 0) is 12.1 Å². The maximum absolute atomic E-state index is 13.5. The van der Waals surface area contributed by atoms with Gasteiger partial charge in [0.15, 0.2) is 0 Å². The first-order chi connectivity index (χ1) is 11.5. The molecule has 3 rings (SSSR count). The third kappa shape index (κ3) is 3.44. The zero-order chi connectivity index (χ0) is 17.3. The number of hydrogen-bond donors (Lipinski definition) is 1. The van der Waals surface area contributed by atoms with Gasteiger partial charge in [-0.25, -0.2) is 17.6 Å². The first-order valence-electron chi connectivity index (χ1n) is 7.02. The van der Waals surface area contributed by atoms with Gasteiger partial charge in [0.2, 0.25) is 0 Å². The monoisotopic (exact) mass is 360 g/mol. The molecule has 1 aliphatic rings. The number of halogens is 4. The third-order valence-electron chi connectivity index (χ3n) is 3.47. The lowest BCUT2D eigenvalue weighted by molar-refractivity contribution is 0.0994. The zero-order valence-electron chi connectivity index (χ0n) is 12.1. The van der Waals surface area contributed by atoms with Crippen LogP contribution in [0.3, 0.4) is 0 Å². The predicted octanol–water partition coefficient (Wildman–Crippen LogP) is 4.80. The highest BCUT2D eigenvalue weighted by Crippen LogP contribution is 2.44. The maximum atomic E-state index is 13.5. The van der Waals surface area contributed by atoms with Crippen molar-refractivity contribution in [2.75, 3.05) is 6.61 Å². The Morgan fingerprint density at radius 2 is 1.88 bits per heavy atom. The molecule has 1 aliphatic heterocycles. The minimum atomic E-state index is -2.87. The van der Waals surface area contributed by atoms with Crippen molar-refractivity contribution in [3.05, 3.63) is 53.1 Å². The Morgan fingerprint density at radius 3 is 2.54 bits per heavy atom. The lowest BCUT2D eigenvalue weighted by Crippen LogP contribution is -2.16. The van der Waals surface area contributed by atoms with E-state index in [9.17, 15) is 22.7 Å². The minimum Gasteiger partial charge on any atom is -0.493 e. The van der Waals surface area contributed by atoms with Gasteiger partial charge in [0.05, 0.1) is 29.6 Å². The van der Waals surface area contributed by atoms with E-state index in [-0.39, 0.29) is 35.0 Å². The quantitative estimate of drug-likeness (QED) is 0.628. The second kappa shape index (κ2) is 6.90. The maximum Gasteiger partial charge on any atom is 0.265 e. The van der Waals surface area contributed by atoms with E-state index in [1.54, 1.807) is 0 Å². The average Bonchev–Trinajstić information content (AvgIpc) is 2.51. The Hall–Kier alpha value is -1.93. The second-order valence-corrected chi connectivity index (χ2v) is 5.89. The van der Waals surface area contributed by atoms with Crippen LogP contribution in [0.15, 0.2) is 35.2 Å². The Labute approximate surface area is 139 Å². The third-order valence-corrected chi connectivity index (χ3v) is 4.28. The second-order valence-electron chi connectivity index (χ2n) is 5.11. The number of aliphatic hydroxyl groups is 1. The number of ether oxygens (including phenoxy) is 1. The van der Waals surface area contributed by atoms with Gasteiger partial charge in [-0.2, -0.15) is 0 Å². The Balaban J connectivity index is 1.91. The molecule has 24 heavy (non-hydrogen) atoms. The van der Waals surface area contributed by atoms with E-state index in [0.29, 0.717) is 18.1 Å². The first-order valence-corrected chi connectivity index (χ1v) is 7.76. The van der Waals surface area contributed by atoms with Crippen molar-refractivity contribution in [1.82, 2.24) is 0 Å². The van der Waals surface area contributed by atoms with Crippen LogP contribution in [0.5, 0.6) is 11.5 Å². The first kappa shape index (κ1) is 16.9. The largest absolute Gasteiger partial charge is 0.493 e. The van der Waals surface area contributed by atoms with Crippen molar-refractivity contribution in [3.63, 3.8) is 0 Å². The fraction of sp³-hybridized carbons (Fsp3) is 0.250. The number of aliphatic hydroxyl groups excluding tert-OH is 1. The van der Waals surface area contributed by atoms with E-state index in [0.717, 1.165) is 12.1 Å². The molecule has 0 amide bonds. The van der Waals surface area contributed by atoms with Crippen molar-refractivity contribution in [2.45, 2.75) is 23.8 Å². The molecule has 0 aromatic heterocycles. The average molecular weight is 360 g/mol. The molecule has 3 nitrogen and oxygen atoms in total. The van der Waals surface area contributed by atoms with E-state index in [1.807, 2.05) is 0 Å². The van der Waals surface area contributed by atoms with Crippen LogP contribution >= 0.6 is 12.0 Å². The van der Waals surface area contributed by atoms with Gasteiger partial charge in [0, 0.05) is 35.7 Å². The van der Waals surface area contributed by atoms with Crippen LogP contribution in [0.1, 0.15) is 30.1 Å². The molecule has 2 aromatic carbocycles. The van der Waals surface area contributed by atoms with E-state index in [4.69, 9.17) is 8.92 Å². The molecule has 0 fully saturated rings. The summed E-state index contributed by atoms with van der Waals surface area (Å²) in [7, 11) is 0. The molecule has 0 bridgehead atoms. The van der Waals surface area contributed by atoms with Gasteiger partial charge in [0.25, 0.3) is 6.43 Å². The molecule has 0 spiro atoms. The lowest BCUT2D eigenvalue weighted by atomic mass is 9.97. The lowest BCUT2D eigenvalue weighted by Gasteiger charge is -2.25. The fourth-order valence-corrected chi connectivity index (χ4v) is 3.15. The fourth-order valence-electron chi connectivity index (χ4n) is 2.46. The van der Waals surface area contributed by atoms with E-state index in [2.05, 4.69) is 0 Å². The van der Waals surface area contributed by atoms with Gasteiger partial charge < -0.3 is 14.0 Å². The number of hydrogen-bond acceptors (Lipinski definition) is 4. The molecule has 0 aliphatic carbocycles. The van der Waals surface area contributed by atoms with Crippen molar-refractivity contribution < 1.29 is 31.6 Å². The summed E-state index contributed by atoms with van der Waals surface area (Å²) in [4.78, 5) is 0.0398. The Bertz CT molecular complexity index is 734. The summed E-state index contributed by atoms with van der Waals surface area (Å²) in [5, 5.41) is 10.0. The van der Waals surface area contributed by atoms with Crippen LogP contribution in [0, 0.1) is 11.6 Å². The molecule has 0 radical (unpaired) electrons. The number of benzene rings is 2. The molecule has 1 unspecified atom stereocenters. The summed E-state index contributed by atoms with van der Waals surface area (Å²) in [6.45, 7) is 0.238. The number of rotatable bonds is 4. The Morgan fingerprint density at radius 1 is 1.17 bits per heavy atom. The Kier molecular flexibility index (Phi) is 4.86. The van der Waals surface area contributed by atoms with Crippen molar-refractivity contribution in [2.24, 2.45) is 0 Å². The molecule has 1 atom stereocenters. The van der Waals surface area contributed by atoms with Gasteiger partial charge in [-0.15, -0.1) is 0 Å². The molecular formula is C16H12F4O3S. The van der Waals surface area contributed by atoms with Gasteiger partial charge in [-0.3, -0.25) is 0 Å². The topological polar surface area (TPSA) is 38.7 Å². The molecule has 0 saturated carbocycles. The van der Waals surface area contributed by atoms with Crippen LogP contribution in [-0.2, 0) is 0 Å². The van der Waals surface area contributed by atoms with E-state index >= 15 is 0 Å². The predicted molar refractivity (Wildman–Crippen MR) is 79.3 cm³/mol. The smallest absolute Gasteiger partial charge is 0.265 e. The van der Waals surface area contributed by atoms with Crippen LogP contribution < -0.4 is 8.92 Å². The number of fused-ring (bicyclic) bond motifs is 1. The highest BCUT2D eigenvalue weighted by atomic mass is 32.2. The van der Waals surface area contributed by atoms with Crippen LogP contribution in [0.2, 0.25) is 0 Å². The van der Waals surface area contributed by atoms with Crippen molar-refractivity contribution in [3.8, 4) is 11.5 Å². The van der Waals surface area contributed by atoms with Crippen LogP contribution in [0.25, 0.3) is 0 Å². The van der Waals surface area contributed by atoms with Crippen molar-refractivity contribution >= 4 is 12.0 Å². The van der Waals surface area contributed by atoms with Crippen LogP contribution in [0.4, 0.5) is 17.6 Å². The van der Waals surface area contributed by atoms with E-state index in [1.165, 1.54) is 12.1 Å². The minimum absolute atomic E-state index is 0.0234. The zero-order valence-corrected chi connectivity index (χ0v) is 13.0. The summed E-state index contributed by atoms with van der Waals surface area (Å²) in [5.41, 5.74) is -0.378. The van der Waals surface area contributed by atoms with Crippen LogP contribution in [-0.4, -0.2) is 11.7 Å². The summed E-state index contributed by atoms with van der Waals surface area (Å²) in [6.07, 6.45) is -3.73. The summed E-state index contributed by atoms with van der Waals surface area (Å²) in [6, 6.07) is 5.37. The molecule has 1 heterocycles. The molecule has 1 N–H and O–H groups in total. The van der Waals surface area contributed by atoms with Gasteiger partial charge in [-0.1, -0.05) is 0 Å². The molecular weight excluding hydrogens is 348 g/mol. The molecule has 128 valence electrons. The normalized spacial score (nSPS) is 16.7. The SMILES string of the molecule is OC1CCOc2ccc(SOc3cc(F)cc(F)c3)c(C(F)F)c21. The molecule has 8 heteroatoms.